The molecule has 0 saturated heterocycles. The van der Waals surface area contributed by atoms with E-state index in [4.69, 9.17) is 27.4 Å². The van der Waals surface area contributed by atoms with Gasteiger partial charge in [0, 0.05) is 6.42 Å². The summed E-state index contributed by atoms with van der Waals surface area (Å²) in [5, 5.41) is 25.0. The maximum absolute atomic E-state index is 12.8. The lowest BCUT2D eigenvalue weighted by Gasteiger charge is -2.27. The predicted molar refractivity (Wildman–Crippen MR) is 110 cm³/mol. The van der Waals surface area contributed by atoms with Crippen LogP contribution in [0.3, 0.4) is 0 Å². The number of nitrogens with two attached hydrogens (primary N) is 3. The predicted octanol–water partition coefficient (Wildman–Crippen LogP) is -3.97. The van der Waals surface area contributed by atoms with E-state index in [1.54, 1.807) is 13.8 Å². The molecule has 0 fully saturated rings. The van der Waals surface area contributed by atoms with Crippen molar-refractivity contribution in [2.24, 2.45) is 23.1 Å². The molecule has 0 aliphatic rings. The molecule has 5 atom stereocenters. The van der Waals surface area contributed by atoms with Crippen LogP contribution in [0.2, 0.25) is 0 Å². The first-order chi connectivity index (χ1) is 14.8. The van der Waals surface area contributed by atoms with Crippen molar-refractivity contribution in [2.45, 2.75) is 63.7 Å². The van der Waals surface area contributed by atoms with E-state index >= 15 is 0 Å². The fourth-order valence-corrected chi connectivity index (χ4v) is 2.54. The van der Waals surface area contributed by atoms with E-state index in [0.717, 1.165) is 0 Å². The molecule has 0 aromatic rings. The lowest BCUT2D eigenvalue weighted by Crippen LogP contribution is -2.59. The van der Waals surface area contributed by atoms with Gasteiger partial charge in [0.15, 0.2) is 0 Å². The summed E-state index contributed by atoms with van der Waals surface area (Å²) >= 11 is 0. The normalized spacial score (nSPS) is 15.4. The third-order valence-electron chi connectivity index (χ3n) is 4.66. The second-order valence-electron chi connectivity index (χ2n) is 7.30. The van der Waals surface area contributed by atoms with Gasteiger partial charge in [0.05, 0.1) is 13.0 Å². The van der Waals surface area contributed by atoms with Crippen LogP contribution >= 0.6 is 0 Å². The molecule has 0 radical (unpaired) electrons. The van der Waals surface area contributed by atoms with Crippen LogP contribution in [0.5, 0.6) is 0 Å². The van der Waals surface area contributed by atoms with E-state index in [0.29, 0.717) is 6.42 Å². The van der Waals surface area contributed by atoms with Crippen LogP contribution in [0.15, 0.2) is 0 Å². The summed E-state index contributed by atoms with van der Waals surface area (Å²) in [5.41, 5.74) is 15.5. The molecule has 14 nitrogen and oxygen atoms in total. The number of primary amides is 2. The molecular formula is C18H32N6O8. The molecule has 0 aliphatic heterocycles. The SMILES string of the molecule is CCC(C)C(NC(=O)C(N)CO)C(=O)NC(CCC(N)=O)C(=O)NC(CC(N)=O)C(=O)O. The van der Waals surface area contributed by atoms with Crippen molar-refractivity contribution >= 4 is 35.5 Å². The molecule has 182 valence electrons. The van der Waals surface area contributed by atoms with Gasteiger partial charge in [-0.15, -0.1) is 0 Å². The molecule has 0 rings (SSSR count). The average Bonchev–Trinajstić information content (AvgIpc) is 2.71. The number of carbonyl (C=O) groups is 6. The average molecular weight is 460 g/mol. The Labute approximate surface area is 184 Å². The Hall–Kier alpha value is -3.26. The first-order valence-electron chi connectivity index (χ1n) is 9.90. The summed E-state index contributed by atoms with van der Waals surface area (Å²) in [6.07, 6.45) is -0.832. The molecule has 0 aromatic carbocycles. The Balaban J connectivity index is 5.61. The number of hydrogen-bond acceptors (Lipinski definition) is 8. The maximum Gasteiger partial charge on any atom is 0.326 e. The highest BCUT2D eigenvalue weighted by molar-refractivity contribution is 5.95. The van der Waals surface area contributed by atoms with Crippen molar-refractivity contribution in [1.82, 2.24) is 16.0 Å². The van der Waals surface area contributed by atoms with Crippen molar-refractivity contribution in [2.75, 3.05) is 6.61 Å². The molecule has 32 heavy (non-hydrogen) atoms. The number of aliphatic hydroxyl groups excluding tert-OH is 1. The summed E-state index contributed by atoms with van der Waals surface area (Å²) in [6, 6.07) is -5.47. The quantitative estimate of drug-likeness (QED) is 0.118. The van der Waals surface area contributed by atoms with Crippen LogP contribution in [0.1, 0.15) is 39.5 Å². The first-order valence-corrected chi connectivity index (χ1v) is 9.90. The van der Waals surface area contributed by atoms with Crippen LogP contribution < -0.4 is 33.2 Å². The van der Waals surface area contributed by atoms with Gasteiger partial charge in [-0.05, 0) is 12.3 Å². The number of hydrogen-bond donors (Lipinski definition) is 8. The van der Waals surface area contributed by atoms with Crippen LogP contribution in [0.4, 0.5) is 0 Å². The number of carboxylic acid groups (broad SMARTS) is 1. The van der Waals surface area contributed by atoms with Gasteiger partial charge in [-0.3, -0.25) is 24.0 Å². The minimum absolute atomic E-state index is 0.271. The first kappa shape index (κ1) is 28.7. The Morgan fingerprint density at radius 1 is 0.875 bits per heavy atom. The maximum atomic E-state index is 12.8. The minimum atomic E-state index is -1.65. The van der Waals surface area contributed by atoms with Crippen molar-refractivity contribution in [3.05, 3.63) is 0 Å². The van der Waals surface area contributed by atoms with Crippen LogP contribution in [0, 0.1) is 5.92 Å². The smallest absolute Gasteiger partial charge is 0.326 e. The van der Waals surface area contributed by atoms with Gasteiger partial charge >= 0.3 is 5.97 Å². The van der Waals surface area contributed by atoms with E-state index in [9.17, 15) is 28.8 Å². The van der Waals surface area contributed by atoms with Gasteiger partial charge in [0.1, 0.15) is 24.2 Å². The fourth-order valence-electron chi connectivity index (χ4n) is 2.54. The lowest BCUT2D eigenvalue weighted by atomic mass is 9.97. The summed E-state index contributed by atoms with van der Waals surface area (Å²) in [4.78, 5) is 70.9. The zero-order valence-electron chi connectivity index (χ0n) is 18.0. The molecule has 0 heterocycles. The van der Waals surface area contributed by atoms with Crippen molar-refractivity contribution < 1.29 is 39.0 Å². The number of carbonyl (C=O) groups excluding carboxylic acids is 5. The number of nitrogens with one attached hydrogen (secondary N) is 3. The van der Waals surface area contributed by atoms with Gasteiger partial charge in [-0.1, -0.05) is 20.3 Å². The van der Waals surface area contributed by atoms with Crippen LogP contribution in [0.25, 0.3) is 0 Å². The highest BCUT2D eigenvalue weighted by Gasteiger charge is 2.32. The molecule has 14 heteroatoms. The third-order valence-corrected chi connectivity index (χ3v) is 4.66. The van der Waals surface area contributed by atoms with Crippen LogP contribution in [-0.2, 0) is 28.8 Å². The summed E-state index contributed by atoms with van der Waals surface area (Å²) in [7, 11) is 0. The van der Waals surface area contributed by atoms with Gasteiger partial charge in [0.25, 0.3) is 0 Å². The molecule has 0 saturated carbocycles. The topological polar surface area (TPSA) is 257 Å². The zero-order valence-corrected chi connectivity index (χ0v) is 18.0. The Kier molecular flexibility index (Phi) is 12.5. The Bertz CT molecular complexity index is 716. The molecule has 0 aromatic heterocycles. The van der Waals surface area contributed by atoms with E-state index in [1.165, 1.54) is 0 Å². The van der Waals surface area contributed by atoms with Gasteiger partial charge in [-0.25, -0.2) is 4.79 Å². The molecular weight excluding hydrogens is 428 g/mol. The molecule has 0 bridgehead atoms. The molecule has 11 N–H and O–H groups in total. The fraction of sp³-hybridized carbons (Fsp3) is 0.667. The highest BCUT2D eigenvalue weighted by atomic mass is 16.4. The summed E-state index contributed by atoms with van der Waals surface area (Å²) < 4.78 is 0. The van der Waals surface area contributed by atoms with Crippen LogP contribution in [-0.4, -0.2) is 76.5 Å². The third kappa shape index (κ3) is 10.2. The number of amides is 5. The number of aliphatic hydroxyl groups is 1. The molecule has 0 aliphatic carbocycles. The molecule has 5 unspecified atom stereocenters. The zero-order chi connectivity index (χ0) is 25.0. The van der Waals surface area contributed by atoms with Gasteiger partial charge in [-0.2, -0.15) is 0 Å². The molecule has 5 amide bonds. The largest absolute Gasteiger partial charge is 0.480 e. The monoisotopic (exact) mass is 460 g/mol. The summed E-state index contributed by atoms with van der Waals surface area (Å²) in [5.74, 6) is -6.27. The highest BCUT2D eigenvalue weighted by Crippen LogP contribution is 2.10. The van der Waals surface area contributed by atoms with Gasteiger partial charge in [0.2, 0.25) is 29.5 Å². The number of aliphatic carboxylic acids is 1. The number of rotatable bonds is 15. The number of carboxylic acids is 1. The molecule has 0 spiro atoms. The van der Waals surface area contributed by atoms with E-state index in [2.05, 4.69) is 16.0 Å². The van der Waals surface area contributed by atoms with Crippen molar-refractivity contribution in [3.63, 3.8) is 0 Å². The second kappa shape index (κ2) is 13.9. The Morgan fingerprint density at radius 2 is 1.44 bits per heavy atom. The standard InChI is InChI=1S/C18H32N6O8/c1-3-8(2)14(24-15(28)9(19)7-25)17(30)22-10(4-5-12(20)26)16(29)23-11(18(31)32)6-13(21)27/h8-11,14,25H,3-7,19H2,1-2H3,(H2,20,26)(H2,21,27)(H,22,30)(H,23,29)(H,24,28)(H,31,32). The van der Waals surface area contributed by atoms with E-state index in [1.807, 2.05) is 0 Å². The minimum Gasteiger partial charge on any atom is -0.480 e. The second-order valence-corrected chi connectivity index (χ2v) is 7.30. The summed E-state index contributed by atoms with van der Waals surface area (Å²) in [6.45, 7) is 2.75. The van der Waals surface area contributed by atoms with E-state index in [-0.39, 0.29) is 12.8 Å². The van der Waals surface area contributed by atoms with Crippen molar-refractivity contribution in [1.29, 1.82) is 0 Å². The Morgan fingerprint density at radius 3 is 1.88 bits per heavy atom. The van der Waals surface area contributed by atoms with E-state index < -0.39 is 78.6 Å². The lowest BCUT2D eigenvalue weighted by molar-refractivity contribution is -0.144. The van der Waals surface area contributed by atoms with Gasteiger partial charge < -0.3 is 43.4 Å². The van der Waals surface area contributed by atoms with Crippen molar-refractivity contribution in [3.8, 4) is 0 Å².